The zero-order valence-corrected chi connectivity index (χ0v) is 23.9. The van der Waals surface area contributed by atoms with Gasteiger partial charge in [0.25, 0.3) is 0 Å². The molecule has 4 aromatic rings. The second-order valence-corrected chi connectivity index (χ2v) is 10.7. The van der Waals surface area contributed by atoms with Gasteiger partial charge in [0.05, 0.1) is 49.8 Å². The molecule has 0 bridgehead atoms. The Morgan fingerprint density at radius 3 is 1.55 bits per heavy atom. The lowest BCUT2D eigenvalue weighted by molar-refractivity contribution is -0.118. The number of carbonyl (C=O) groups excluding carboxylic acids is 2. The smallest absolute Gasteiger partial charge is 0.213 e. The molecule has 5 rings (SSSR count). The summed E-state index contributed by atoms with van der Waals surface area (Å²) in [4.78, 5) is 33.3. The summed E-state index contributed by atoms with van der Waals surface area (Å²) in [6.07, 6.45) is 8.35. The van der Waals surface area contributed by atoms with Crippen LogP contribution < -0.4 is 9.47 Å². The van der Waals surface area contributed by atoms with Crippen LogP contribution in [0.3, 0.4) is 0 Å². The van der Waals surface area contributed by atoms with E-state index in [4.69, 9.17) is 9.47 Å². The molecule has 1 saturated carbocycles. The van der Waals surface area contributed by atoms with E-state index in [9.17, 15) is 9.59 Å². The minimum atomic E-state index is 0.0596. The first-order valence-electron chi connectivity index (χ1n) is 14.1. The first-order chi connectivity index (χ1) is 20.5. The summed E-state index contributed by atoms with van der Waals surface area (Å²) < 4.78 is 10.3. The Morgan fingerprint density at radius 1 is 0.667 bits per heavy atom. The third-order valence-electron chi connectivity index (χ3n) is 7.57. The van der Waals surface area contributed by atoms with E-state index in [1.807, 2.05) is 36.4 Å². The fourth-order valence-electron chi connectivity index (χ4n) is 5.42. The van der Waals surface area contributed by atoms with Crippen LogP contribution in [-0.4, -0.2) is 56.1 Å². The second kappa shape index (κ2) is 13.8. The number of nitrogens with zero attached hydrogens (tertiary/aromatic N) is 6. The van der Waals surface area contributed by atoms with Crippen LogP contribution in [0.5, 0.6) is 11.8 Å². The molecule has 1 aliphatic rings. The lowest BCUT2D eigenvalue weighted by atomic mass is 9.78. The third-order valence-corrected chi connectivity index (χ3v) is 7.57. The molecule has 0 spiro atoms. The molecule has 0 aromatic carbocycles. The Balaban J connectivity index is 1.13. The summed E-state index contributed by atoms with van der Waals surface area (Å²) in [6.45, 7) is 0. The summed E-state index contributed by atoms with van der Waals surface area (Å²) in [5.74, 6) is 1.64. The van der Waals surface area contributed by atoms with E-state index in [2.05, 4.69) is 30.4 Å². The molecule has 2 atom stereocenters. The Bertz CT molecular complexity index is 1400. The zero-order chi connectivity index (χ0) is 29.3. The summed E-state index contributed by atoms with van der Waals surface area (Å²) in [5.41, 5.74) is 4.93. The second-order valence-electron chi connectivity index (χ2n) is 10.7. The predicted molar refractivity (Wildman–Crippen MR) is 154 cm³/mol. The van der Waals surface area contributed by atoms with Crippen LogP contribution in [0.1, 0.15) is 71.4 Å². The molecule has 1 aliphatic carbocycles. The number of rotatable bonds is 12. The molecule has 0 aliphatic heterocycles. The van der Waals surface area contributed by atoms with Gasteiger partial charge < -0.3 is 9.47 Å². The molecule has 10 nitrogen and oxygen atoms in total. The van der Waals surface area contributed by atoms with Gasteiger partial charge in [-0.15, -0.1) is 0 Å². The predicted octanol–water partition coefficient (Wildman–Crippen LogP) is 4.22. The topological polar surface area (TPSA) is 130 Å². The fraction of sp³-hybridized carbons (Fsp3) is 0.375. The minimum absolute atomic E-state index is 0.0596. The summed E-state index contributed by atoms with van der Waals surface area (Å²) in [6, 6.07) is 15.0. The highest BCUT2D eigenvalue weighted by Gasteiger charge is 2.27. The highest BCUT2D eigenvalue weighted by atomic mass is 16.5. The van der Waals surface area contributed by atoms with Crippen LogP contribution in [-0.2, 0) is 35.3 Å². The van der Waals surface area contributed by atoms with Gasteiger partial charge in [-0.05, 0) is 66.8 Å². The lowest BCUT2D eigenvalue weighted by Gasteiger charge is -2.28. The van der Waals surface area contributed by atoms with Crippen LogP contribution in [0, 0.1) is 0 Å². The van der Waals surface area contributed by atoms with Crippen LogP contribution in [0.15, 0.2) is 60.9 Å². The van der Waals surface area contributed by atoms with Crippen molar-refractivity contribution in [3.8, 4) is 11.8 Å². The largest absolute Gasteiger partial charge is 0.481 e. The summed E-state index contributed by atoms with van der Waals surface area (Å²) >= 11 is 0. The molecule has 0 unspecified atom stereocenters. The van der Waals surface area contributed by atoms with E-state index in [1.165, 1.54) is 0 Å². The van der Waals surface area contributed by atoms with Crippen LogP contribution in [0.2, 0.25) is 0 Å². The number of hydrogen-bond acceptors (Lipinski definition) is 10. The van der Waals surface area contributed by atoms with Gasteiger partial charge in [-0.2, -0.15) is 20.4 Å². The standard InChI is InChI=1S/C32H34N6O4/c1-41-31-16-21(10-12-33-31)14-27(39)19-25-6-8-29(37-35-25)23-4-3-5-24(18-23)30-9-7-26(36-38-30)20-28(40)15-22-11-13-34-32(17-22)42-2/h6-13,16-17,23-24H,3-5,14-15,18-20H2,1-2H3/t23-,24-/m0/s1. The fourth-order valence-corrected chi connectivity index (χ4v) is 5.42. The number of carbonyl (C=O) groups is 2. The maximum absolute atomic E-state index is 12.6. The molecule has 0 N–H and O–H groups in total. The number of aromatic nitrogens is 6. The molecular formula is C32H34N6O4. The van der Waals surface area contributed by atoms with Gasteiger partial charge >= 0.3 is 0 Å². The lowest BCUT2D eigenvalue weighted by Crippen LogP contribution is -2.17. The molecule has 42 heavy (non-hydrogen) atoms. The first kappa shape index (κ1) is 28.9. The molecule has 4 aromatic heterocycles. The van der Waals surface area contributed by atoms with Gasteiger partial charge in [0, 0.05) is 49.2 Å². The third kappa shape index (κ3) is 7.78. The highest BCUT2D eigenvalue weighted by molar-refractivity contribution is 5.83. The van der Waals surface area contributed by atoms with Crippen LogP contribution >= 0.6 is 0 Å². The van der Waals surface area contributed by atoms with Crippen molar-refractivity contribution in [2.45, 2.75) is 63.2 Å². The van der Waals surface area contributed by atoms with Crippen molar-refractivity contribution in [2.75, 3.05) is 14.2 Å². The number of pyridine rings is 2. The van der Waals surface area contributed by atoms with E-state index >= 15 is 0 Å². The van der Waals surface area contributed by atoms with E-state index in [-0.39, 0.29) is 36.2 Å². The Labute approximate surface area is 245 Å². The maximum atomic E-state index is 12.6. The maximum Gasteiger partial charge on any atom is 0.213 e. The van der Waals surface area contributed by atoms with E-state index in [1.54, 1.807) is 38.7 Å². The molecule has 0 saturated heterocycles. The van der Waals surface area contributed by atoms with Gasteiger partial charge in [-0.3, -0.25) is 9.59 Å². The van der Waals surface area contributed by atoms with Crippen molar-refractivity contribution in [2.24, 2.45) is 0 Å². The normalized spacial score (nSPS) is 16.5. The molecule has 10 heteroatoms. The number of methoxy groups -OCH3 is 2. The zero-order valence-electron chi connectivity index (χ0n) is 23.9. The van der Waals surface area contributed by atoms with Gasteiger partial charge in [0.15, 0.2) is 0 Å². The first-order valence-corrected chi connectivity index (χ1v) is 14.1. The van der Waals surface area contributed by atoms with Crippen molar-refractivity contribution in [1.29, 1.82) is 0 Å². The molecule has 0 radical (unpaired) electrons. The summed E-state index contributed by atoms with van der Waals surface area (Å²) in [5, 5.41) is 17.7. The molecule has 4 heterocycles. The van der Waals surface area contributed by atoms with Gasteiger partial charge in [0.1, 0.15) is 11.6 Å². The van der Waals surface area contributed by atoms with Crippen LogP contribution in [0.4, 0.5) is 0 Å². The van der Waals surface area contributed by atoms with Crippen molar-refractivity contribution in [1.82, 2.24) is 30.4 Å². The quantitative estimate of drug-likeness (QED) is 0.246. The number of hydrogen-bond donors (Lipinski definition) is 0. The number of ether oxygens (including phenoxy) is 2. The average molecular weight is 567 g/mol. The van der Waals surface area contributed by atoms with E-state index in [0.717, 1.165) is 48.2 Å². The van der Waals surface area contributed by atoms with Crippen molar-refractivity contribution in [3.05, 3.63) is 94.8 Å². The Kier molecular flexibility index (Phi) is 9.53. The van der Waals surface area contributed by atoms with Gasteiger partial charge in [-0.1, -0.05) is 6.42 Å². The van der Waals surface area contributed by atoms with Crippen LogP contribution in [0.25, 0.3) is 0 Å². The molecule has 216 valence electrons. The summed E-state index contributed by atoms with van der Waals surface area (Å²) in [7, 11) is 3.11. The highest BCUT2D eigenvalue weighted by Crippen LogP contribution is 2.39. The van der Waals surface area contributed by atoms with E-state index < -0.39 is 0 Å². The van der Waals surface area contributed by atoms with Crippen molar-refractivity contribution in [3.63, 3.8) is 0 Å². The Morgan fingerprint density at radius 2 is 1.14 bits per heavy atom. The van der Waals surface area contributed by atoms with Gasteiger partial charge in [0.2, 0.25) is 11.8 Å². The number of Topliss-reactive ketones (excluding diaryl/α,β-unsaturated/α-hetero) is 2. The molecule has 1 fully saturated rings. The minimum Gasteiger partial charge on any atom is -0.481 e. The number of ketones is 2. The SMILES string of the molecule is COc1cc(CC(=O)Cc2ccc([C@H]3CCC[C@H](c4ccc(CC(=O)Cc5ccnc(OC)c5)nn4)C3)nn2)ccn1. The Hall–Kier alpha value is -4.60. The van der Waals surface area contributed by atoms with E-state index in [0.29, 0.717) is 36.0 Å². The average Bonchev–Trinajstić information content (AvgIpc) is 3.02. The monoisotopic (exact) mass is 566 g/mol. The van der Waals surface area contributed by atoms with Crippen molar-refractivity contribution >= 4 is 11.6 Å². The van der Waals surface area contributed by atoms with Crippen molar-refractivity contribution < 1.29 is 19.1 Å². The molecule has 0 amide bonds. The molecular weight excluding hydrogens is 532 g/mol. The van der Waals surface area contributed by atoms with Gasteiger partial charge in [-0.25, -0.2) is 9.97 Å².